The lowest BCUT2D eigenvalue weighted by Gasteiger charge is -2.29. The van der Waals surface area contributed by atoms with Gasteiger partial charge in [-0.15, -0.1) is 0 Å². The van der Waals surface area contributed by atoms with Gasteiger partial charge in [0, 0.05) is 19.6 Å². The average molecular weight is 482 g/mol. The molecule has 0 bridgehead atoms. The molecule has 0 unspecified atom stereocenters. The summed E-state index contributed by atoms with van der Waals surface area (Å²) in [4.78, 5) is 25.0. The molecule has 2 aliphatic rings. The summed E-state index contributed by atoms with van der Waals surface area (Å²) in [5.41, 5.74) is 8.82. The van der Waals surface area contributed by atoms with E-state index in [0.29, 0.717) is 25.9 Å². The molecular weight excluding hydrogens is 446 g/mol. The smallest absolute Gasteiger partial charge is 0.232 e. The van der Waals surface area contributed by atoms with Crippen LogP contribution in [0.3, 0.4) is 0 Å². The summed E-state index contributed by atoms with van der Waals surface area (Å²) in [5, 5.41) is 17.6. The van der Waals surface area contributed by atoms with Gasteiger partial charge in [-0.2, -0.15) is 0 Å². The zero-order valence-corrected chi connectivity index (χ0v) is 20.1. The van der Waals surface area contributed by atoms with Gasteiger partial charge in [-0.1, -0.05) is 36.4 Å². The Bertz CT molecular complexity index is 1020. The maximum absolute atomic E-state index is 13.0. The van der Waals surface area contributed by atoms with Gasteiger partial charge in [-0.05, 0) is 54.5 Å². The number of carbonyl (C=O) groups is 2. The molecular formula is C27H35N3O5. The average Bonchev–Trinajstić information content (AvgIpc) is 3.20. The maximum Gasteiger partial charge on any atom is 0.232 e. The Hall–Kier alpha value is -2.94. The molecule has 0 saturated carbocycles. The van der Waals surface area contributed by atoms with Crippen LogP contribution in [0.15, 0.2) is 48.5 Å². The van der Waals surface area contributed by atoms with Crippen molar-refractivity contribution in [3.05, 3.63) is 65.2 Å². The molecule has 0 aromatic heterocycles. The van der Waals surface area contributed by atoms with Crippen LogP contribution in [0.25, 0.3) is 0 Å². The summed E-state index contributed by atoms with van der Waals surface area (Å²) < 4.78 is 11.7. The number of amides is 2. The zero-order chi connectivity index (χ0) is 24.8. The van der Waals surface area contributed by atoms with Crippen molar-refractivity contribution in [2.24, 2.45) is 11.7 Å². The summed E-state index contributed by atoms with van der Waals surface area (Å²) in [6, 6.07) is 15.0. The first kappa shape index (κ1) is 25.2. The minimum absolute atomic E-state index is 0.0821. The number of carbonyl (C=O) groups excluding carboxylic acids is 2. The minimum Gasteiger partial charge on any atom is -0.497 e. The van der Waals surface area contributed by atoms with E-state index in [-0.39, 0.29) is 18.7 Å². The quantitative estimate of drug-likeness (QED) is 0.493. The first-order chi connectivity index (χ1) is 17.0. The molecule has 1 aliphatic carbocycles. The minimum atomic E-state index is -0.938. The Morgan fingerprint density at radius 1 is 1.20 bits per heavy atom. The van der Waals surface area contributed by atoms with Gasteiger partial charge in [0.15, 0.2) is 0 Å². The van der Waals surface area contributed by atoms with E-state index < -0.39 is 29.9 Å². The summed E-state index contributed by atoms with van der Waals surface area (Å²) in [6.07, 6.45) is 1.92. The fourth-order valence-corrected chi connectivity index (χ4v) is 5.02. The molecule has 4 rings (SSSR count). The lowest BCUT2D eigenvalue weighted by Crippen LogP contribution is -2.52. The van der Waals surface area contributed by atoms with Gasteiger partial charge in [0.2, 0.25) is 11.8 Å². The molecule has 188 valence electrons. The van der Waals surface area contributed by atoms with Crippen molar-refractivity contribution >= 4 is 11.8 Å². The second-order valence-corrected chi connectivity index (χ2v) is 9.39. The maximum atomic E-state index is 13.0. The van der Waals surface area contributed by atoms with E-state index in [4.69, 9.17) is 15.2 Å². The first-order valence-corrected chi connectivity index (χ1v) is 12.3. The van der Waals surface area contributed by atoms with E-state index in [1.165, 1.54) is 5.56 Å². The van der Waals surface area contributed by atoms with Gasteiger partial charge in [0.05, 0.1) is 31.4 Å². The van der Waals surface area contributed by atoms with Crippen molar-refractivity contribution in [1.29, 1.82) is 0 Å². The Morgan fingerprint density at radius 3 is 2.74 bits per heavy atom. The van der Waals surface area contributed by atoms with Crippen LogP contribution in [0.2, 0.25) is 0 Å². The van der Waals surface area contributed by atoms with E-state index in [2.05, 4.69) is 16.7 Å². The standard InChI is InChI=1S/C27H35N3O5/c1-34-19-11-10-18-14-24-25(21(18)15-19)29-16-23(31)22(13-17-7-3-2-4-8-17)30-27(33)20(26(28)32)9-5-6-12-35-24/h2-4,7-8,10-11,15,20,22-25,29,31H,5-6,9,12-14,16H2,1H3,(H2,28,32)(H,30,33)/t20-,22-,23+,24-,25-/m0/s1. The number of aliphatic hydroxyl groups is 1. The molecule has 35 heavy (non-hydrogen) atoms. The highest BCUT2D eigenvalue weighted by atomic mass is 16.5. The van der Waals surface area contributed by atoms with Gasteiger partial charge in [-0.3, -0.25) is 9.59 Å². The predicted molar refractivity (Wildman–Crippen MR) is 132 cm³/mol. The van der Waals surface area contributed by atoms with Crippen molar-refractivity contribution in [3.63, 3.8) is 0 Å². The molecule has 8 nitrogen and oxygen atoms in total. The summed E-state index contributed by atoms with van der Waals surface area (Å²) in [7, 11) is 1.64. The van der Waals surface area contributed by atoms with Crippen LogP contribution in [0, 0.1) is 5.92 Å². The number of hydrogen-bond acceptors (Lipinski definition) is 6. The topological polar surface area (TPSA) is 123 Å². The van der Waals surface area contributed by atoms with Crippen molar-refractivity contribution in [3.8, 4) is 5.75 Å². The number of rotatable bonds is 4. The molecule has 5 atom stereocenters. The van der Waals surface area contributed by atoms with Crippen molar-refractivity contribution < 1.29 is 24.2 Å². The number of hydrogen-bond donors (Lipinski definition) is 4. The number of benzene rings is 2. The van der Waals surface area contributed by atoms with Crippen LogP contribution in [0.4, 0.5) is 0 Å². The van der Waals surface area contributed by atoms with Crippen LogP contribution < -0.4 is 21.1 Å². The highest BCUT2D eigenvalue weighted by molar-refractivity contribution is 5.99. The third-order valence-corrected chi connectivity index (χ3v) is 7.00. The summed E-state index contributed by atoms with van der Waals surface area (Å²) in [6.45, 7) is 0.750. The SMILES string of the molecule is COc1ccc2c(c1)[C@@H]1NC[C@@H](O)[C@H](Cc3ccccc3)NC(=O)[C@H](C(N)=O)CCCCO[C@H]1C2. The van der Waals surface area contributed by atoms with E-state index >= 15 is 0 Å². The highest BCUT2D eigenvalue weighted by Crippen LogP contribution is 2.36. The molecule has 2 amide bonds. The van der Waals surface area contributed by atoms with Gasteiger partial charge in [0.25, 0.3) is 0 Å². The molecule has 1 fully saturated rings. The van der Waals surface area contributed by atoms with E-state index in [0.717, 1.165) is 29.7 Å². The van der Waals surface area contributed by atoms with Crippen LogP contribution in [0.5, 0.6) is 5.75 Å². The van der Waals surface area contributed by atoms with Crippen LogP contribution in [-0.4, -0.2) is 55.4 Å². The number of primary amides is 1. The van der Waals surface area contributed by atoms with Crippen LogP contribution >= 0.6 is 0 Å². The Morgan fingerprint density at radius 2 is 2.00 bits per heavy atom. The predicted octanol–water partition coefficient (Wildman–Crippen LogP) is 1.64. The number of nitrogens with two attached hydrogens (primary N) is 1. The molecule has 1 saturated heterocycles. The fourth-order valence-electron chi connectivity index (χ4n) is 5.02. The van der Waals surface area contributed by atoms with Gasteiger partial charge in [0.1, 0.15) is 11.7 Å². The summed E-state index contributed by atoms with van der Waals surface area (Å²) >= 11 is 0. The largest absolute Gasteiger partial charge is 0.497 e. The number of methoxy groups -OCH3 is 1. The fraction of sp³-hybridized carbons (Fsp3) is 0.481. The normalized spacial score (nSPS) is 27.7. The summed E-state index contributed by atoms with van der Waals surface area (Å²) in [5.74, 6) is -1.25. The van der Waals surface area contributed by atoms with Crippen molar-refractivity contribution in [2.75, 3.05) is 20.3 Å². The molecule has 1 heterocycles. The number of β-amino-alcohol motifs (C(OH)–C–C–N with tert-alkyl or cyclic N) is 1. The third kappa shape index (κ3) is 6.20. The molecule has 8 heteroatoms. The van der Waals surface area contributed by atoms with Crippen molar-refractivity contribution in [1.82, 2.24) is 10.6 Å². The van der Waals surface area contributed by atoms with E-state index in [1.54, 1.807) is 7.11 Å². The third-order valence-electron chi connectivity index (χ3n) is 7.00. The number of aliphatic hydroxyl groups excluding tert-OH is 1. The lowest BCUT2D eigenvalue weighted by atomic mass is 9.96. The Labute approximate surface area is 206 Å². The second-order valence-electron chi connectivity index (χ2n) is 9.39. The zero-order valence-electron chi connectivity index (χ0n) is 20.1. The van der Waals surface area contributed by atoms with E-state index in [1.807, 2.05) is 42.5 Å². The van der Waals surface area contributed by atoms with Gasteiger partial charge >= 0.3 is 0 Å². The number of fused-ring (bicyclic) bond motifs is 3. The molecule has 5 N–H and O–H groups in total. The number of ether oxygens (including phenoxy) is 2. The highest BCUT2D eigenvalue weighted by Gasteiger charge is 2.35. The van der Waals surface area contributed by atoms with Gasteiger partial charge < -0.3 is 30.9 Å². The first-order valence-electron chi connectivity index (χ1n) is 12.3. The molecule has 2 aromatic carbocycles. The Balaban J connectivity index is 1.58. The van der Waals surface area contributed by atoms with Crippen LogP contribution in [0.1, 0.15) is 42.0 Å². The molecule has 0 radical (unpaired) electrons. The number of nitrogens with one attached hydrogen (secondary N) is 2. The monoisotopic (exact) mass is 481 g/mol. The second kappa shape index (κ2) is 11.7. The lowest BCUT2D eigenvalue weighted by molar-refractivity contribution is -0.135. The Kier molecular flexibility index (Phi) is 8.38. The molecule has 0 spiro atoms. The van der Waals surface area contributed by atoms with Crippen molar-refractivity contribution in [2.45, 2.75) is 56.4 Å². The molecule has 2 aromatic rings. The van der Waals surface area contributed by atoms with Crippen LogP contribution in [-0.2, 0) is 27.2 Å². The van der Waals surface area contributed by atoms with E-state index in [9.17, 15) is 14.7 Å². The van der Waals surface area contributed by atoms with Gasteiger partial charge in [-0.25, -0.2) is 0 Å². The molecule has 1 aliphatic heterocycles.